The lowest BCUT2D eigenvalue weighted by Crippen LogP contribution is -2.69. The maximum absolute atomic E-state index is 12.4. The van der Waals surface area contributed by atoms with Crippen molar-refractivity contribution in [1.29, 1.82) is 0 Å². The molecule has 1 saturated carbocycles. The molecule has 9 atom stereocenters. The third kappa shape index (κ3) is 6.88. The summed E-state index contributed by atoms with van der Waals surface area (Å²) in [7, 11) is 3.15. The lowest BCUT2D eigenvalue weighted by atomic mass is 9.56. The summed E-state index contributed by atoms with van der Waals surface area (Å²) in [6.45, 7) is 3.81. The Morgan fingerprint density at radius 3 is 2.58 bits per heavy atom. The number of carbonyl (C=O) groups excluding carboxylic acids is 1. The summed E-state index contributed by atoms with van der Waals surface area (Å²) in [5.74, 6) is -0.284. The van der Waals surface area contributed by atoms with Gasteiger partial charge in [0.15, 0.2) is 5.78 Å². The molecule has 2 aromatic rings. The van der Waals surface area contributed by atoms with E-state index in [1.807, 2.05) is 0 Å². The number of aliphatic hydroxyl groups excluding tert-OH is 4. The van der Waals surface area contributed by atoms with E-state index in [0.717, 1.165) is 37.5 Å². The van der Waals surface area contributed by atoms with Gasteiger partial charge < -0.3 is 49.6 Å². The number of ketones is 1. The van der Waals surface area contributed by atoms with Crippen LogP contribution in [0.3, 0.4) is 0 Å². The van der Waals surface area contributed by atoms with Gasteiger partial charge in [-0.3, -0.25) is 4.79 Å². The summed E-state index contributed by atoms with van der Waals surface area (Å²) >= 11 is 0. The number of rotatable bonds is 8. The van der Waals surface area contributed by atoms with Crippen LogP contribution in [0.5, 0.6) is 11.5 Å². The molecule has 0 bridgehead atoms. The minimum absolute atomic E-state index is 0.0406. The summed E-state index contributed by atoms with van der Waals surface area (Å²) in [5, 5.41) is 65.5. The number of ether oxygens (including phenoxy) is 4. The molecular weight excluding hydrogens is 689 g/mol. The van der Waals surface area contributed by atoms with Crippen molar-refractivity contribution in [2.75, 3.05) is 38.1 Å². The van der Waals surface area contributed by atoms with E-state index in [-0.39, 0.29) is 51.5 Å². The first-order valence-corrected chi connectivity index (χ1v) is 19.9. The Morgan fingerprint density at radius 1 is 1.08 bits per heavy atom. The zero-order valence-electron chi connectivity index (χ0n) is 28.4. The summed E-state index contributed by atoms with van der Waals surface area (Å²) in [6.07, 6.45) is -0.408. The Morgan fingerprint density at radius 2 is 1.86 bits per heavy atom. The number of aromatic hydroxyl groups is 1. The van der Waals surface area contributed by atoms with Crippen molar-refractivity contribution in [3.63, 3.8) is 0 Å². The van der Waals surface area contributed by atoms with Crippen LogP contribution in [-0.2, 0) is 14.2 Å². The fourth-order valence-corrected chi connectivity index (χ4v) is 11.6. The van der Waals surface area contributed by atoms with Crippen molar-refractivity contribution in [2.45, 2.75) is 89.0 Å². The predicted molar refractivity (Wildman–Crippen MR) is 188 cm³/mol. The molecule has 3 aliphatic heterocycles. The molecule has 14 heteroatoms. The summed E-state index contributed by atoms with van der Waals surface area (Å²) in [5.41, 5.74) is -1.29. The first kappa shape index (κ1) is 37.6. The minimum atomic E-state index is -1.70. The van der Waals surface area contributed by atoms with E-state index in [1.165, 1.54) is 23.8 Å². The number of phenols is 1. The van der Waals surface area contributed by atoms with Crippen molar-refractivity contribution in [1.82, 2.24) is 0 Å². The van der Waals surface area contributed by atoms with Gasteiger partial charge in [-0.25, -0.2) is 4.79 Å². The molecule has 4 fully saturated rings. The van der Waals surface area contributed by atoms with Crippen molar-refractivity contribution in [2.24, 2.45) is 23.2 Å². The van der Waals surface area contributed by atoms with Crippen LogP contribution in [0.15, 0.2) is 18.2 Å². The smallest absolute Gasteiger partial charge is 0.335 e. The lowest BCUT2D eigenvalue weighted by Gasteiger charge is -2.54. The first-order chi connectivity index (χ1) is 24.0. The van der Waals surface area contributed by atoms with Gasteiger partial charge in [-0.2, -0.15) is 0 Å². The summed E-state index contributed by atoms with van der Waals surface area (Å²) < 4.78 is 25.0. The van der Waals surface area contributed by atoms with Crippen LogP contribution < -0.4 is 4.74 Å². The van der Waals surface area contributed by atoms with Crippen molar-refractivity contribution < 1.29 is 59.2 Å². The molecule has 6 rings (SSSR count). The van der Waals surface area contributed by atoms with Gasteiger partial charge in [0.25, 0.3) is 0 Å². The van der Waals surface area contributed by atoms with Gasteiger partial charge in [0.05, 0.1) is 29.7 Å². The monoisotopic (exact) mass is 736 g/mol. The zero-order chi connectivity index (χ0) is 35.8. The Bertz CT molecular complexity index is 1570. The molecule has 6 N–H and O–H groups in total. The van der Waals surface area contributed by atoms with E-state index in [4.69, 9.17) is 18.9 Å². The van der Waals surface area contributed by atoms with Crippen LogP contribution in [0.2, 0.25) is 0 Å². The number of aryl methyl sites for hydroxylation is 1. The minimum Gasteiger partial charge on any atom is -0.506 e. The Kier molecular flexibility index (Phi) is 11.6. The number of aromatic carboxylic acids is 1. The number of fused-ring (bicyclic) bond motifs is 1. The third-order valence-corrected chi connectivity index (χ3v) is 13.7. The molecule has 3 heterocycles. The highest BCUT2D eigenvalue weighted by Crippen LogP contribution is 2.56. The predicted octanol–water partition coefficient (Wildman–Crippen LogP) is 4.28. The van der Waals surface area contributed by atoms with Gasteiger partial charge in [0.1, 0.15) is 41.4 Å². The number of benzene rings is 2. The molecule has 0 aromatic heterocycles. The van der Waals surface area contributed by atoms with Gasteiger partial charge in [0, 0.05) is 24.4 Å². The number of carbonyl (C=O) groups is 2. The molecule has 0 radical (unpaired) electrons. The van der Waals surface area contributed by atoms with Crippen LogP contribution in [0.1, 0.15) is 78.1 Å². The summed E-state index contributed by atoms with van der Waals surface area (Å²) in [4.78, 5) is 24.5. The van der Waals surface area contributed by atoms with Gasteiger partial charge in [0.2, 0.25) is 6.29 Å². The second kappa shape index (κ2) is 15.5. The second-order valence-electron chi connectivity index (χ2n) is 14.4. The van der Waals surface area contributed by atoms with E-state index < -0.39 is 54.3 Å². The number of phenolic OH excluding ortho intramolecular Hbond substituents is 1. The quantitative estimate of drug-likeness (QED) is 0.166. The van der Waals surface area contributed by atoms with Crippen LogP contribution in [-0.4, -0.2) is 111 Å². The van der Waals surface area contributed by atoms with Crippen molar-refractivity contribution in [3.05, 3.63) is 34.9 Å². The van der Waals surface area contributed by atoms with Crippen molar-refractivity contribution in [3.8, 4) is 11.5 Å². The molecular formula is C36H48O12S2. The van der Waals surface area contributed by atoms with Gasteiger partial charge in [-0.15, -0.1) is 0 Å². The summed E-state index contributed by atoms with van der Waals surface area (Å²) in [6, 6.07) is 4.08. The molecule has 276 valence electrons. The molecule has 50 heavy (non-hydrogen) atoms. The lowest BCUT2D eigenvalue weighted by molar-refractivity contribution is -0.323. The molecule has 1 aliphatic carbocycles. The molecule has 12 nitrogen and oxygen atoms in total. The zero-order valence-corrected chi connectivity index (χ0v) is 30.0. The molecule has 3 saturated heterocycles. The fraction of sp³-hybridized carbons (Fsp3) is 0.667. The van der Waals surface area contributed by atoms with Gasteiger partial charge in [-0.05, 0) is 86.8 Å². The van der Waals surface area contributed by atoms with E-state index in [0.29, 0.717) is 49.9 Å². The molecule has 1 spiro atoms. The normalized spacial score (nSPS) is 34.9. The molecule has 0 amide bonds. The highest BCUT2D eigenvalue weighted by molar-refractivity contribution is 8.76. The Labute approximate surface area is 299 Å². The highest BCUT2D eigenvalue weighted by atomic mass is 33.1. The Balaban J connectivity index is 1.33. The SMILES string of the molecule is CC(=O)c1c(C)cc2cc(C(=O)O)cc(OC3OC(CO)C4(CCC5CCCC6COCC(CCCO)(CSSCO4)C56)C(O)C3O)c2c1O. The average Bonchev–Trinajstić information content (AvgIpc) is 3.11. The first-order valence-electron chi connectivity index (χ1n) is 17.4. The number of hydrogen-bond acceptors (Lipinski definition) is 13. The number of Topliss-reactive ketones (excluding diaryl/α,β-unsaturated/α-hetero) is 1. The molecule has 9 unspecified atom stereocenters. The van der Waals surface area contributed by atoms with Crippen LogP contribution in [0, 0.1) is 30.1 Å². The maximum Gasteiger partial charge on any atom is 0.335 e. The van der Waals surface area contributed by atoms with Crippen LogP contribution >= 0.6 is 21.6 Å². The number of aliphatic hydroxyl groups is 4. The van der Waals surface area contributed by atoms with Gasteiger partial charge >= 0.3 is 5.97 Å². The van der Waals surface area contributed by atoms with Crippen LogP contribution in [0.25, 0.3) is 10.8 Å². The molecule has 4 aliphatic rings. The maximum atomic E-state index is 12.4. The second-order valence-corrected chi connectivity index (χ2v) is 16.8. The topological polar surface area (TPSA) is 192 Å². The van der Waals surface area contributed by atoms with E-state index in [9.17, 15) is 40.2 Å². The number of hydrogen-bond donors (Lipinski definition) is 6. The standard InChI is InChI=1S/C36H48O12S2/c1-19-11-23-12-24(33(43)44)13-25(28(23)30(40)27(19)20(2)39)47-34-31(41)32(42)36(26(14-38)48-34)9-7-21-5-3-6-22-15-45-16-35(29(21)22,8-4-10-37)17-49-50-18-46-36/h11-13,21-22,26,29,31-32,34,37-38,40-42H,3-10,14-18H2,1-2H3,(H,43,44). The highest BCUT2D eigenvalue weighted by Gasteiger charge is 2.59. The van der Waals surface area contributed by atoms with E-state index >= 15 is 0 Å². The van der Waals surface area contributed by atoms with E-state index in [1.54, 1.807) is 23.8 Å². The Hall–Kier alpha value is -2.14. The number of carboxylic acids is 1. The largest absolute Gasteiger partial charge is 0.506 e. The third-order valence-electron chi connectivity index (χ3n) is 11.5. The van der Waals surface area contributed by atoms with Crippen molar-refractivity contribution >= 4 is 44.1 Å². The average molecular weight is 737 g/mol. The molecule has 2 aromatic carbocycles. The number of carboxylic acid groups (broad SMARTS) is 1. The van der Waals surface area contributed by atoms with Crippen LogP contribution in [0.4, 0.5) is 0 Å². The fourth-order valence-electron chi connectivity index (χ4n) is 9.27. The van der Waals surface area contributed by atoms with Gasteiger partial charge in [-0.1, -0.05) is 40.5 Å². The van der Waals surface area contributed by atoms with E-state index in [2.05, 4.69) is 0 Å².